The fourth-order valence-electron chi connectivity index (χ4n) is 2.31. The van der Waals surface area contributed by atoms with Crippen LogP contribution in [0.25, 0.3) is 10.9 Å². The Kier molecular flexibility index (Phi) is 4.20. The van der Waals surface area contributed by atoms with E-state index in [-0.39, 0.29) is 0 Å². The van der Waals surface area contributed by atoms with Crippen molar-refractivity contribution in [3.8, 4) is 0 Å². The minimum Gasteiger partial charge on any atom is -0.276 e. The highest BCUT2D eigenvalue weighted by Gasteiger charge is 2.06. The Labute approximate surface area is 128 Å². The molecule has 108 valence electrons. The van der Waals surface area contributed by atoms with Gasteiger partial charge in [0.15, 0.2) is 0 Å². The summed E-state index contributed by atoms with van der Waals surface area (Å²) in [5.74, 6) is 1.89. The number of thioether (sulfide) groups is 1. The average Bonchev–Trinajstić information content (AvgIpc) is 2.89. The number of para-hydroxylation sites is 1. The zero-order valence-corrected chi connectivity index (χ0v) is 13.1. The predicted octanol–water partition coefficient (Wildman–Crippen LogP) is 3.40. The van der Waals surface area contributed by atoms with Crippen LogP contribution in [0.3, 0.4) is 0 Å². The highest BCUT2D eigenvalue weighted by atomic mass is 32.2. The second kappa shape index (κ2) is 6.26. The first-order valence-electron chi connectivity index (χ1n) is 7.06. The van der Waals surface area contributed by atoms with Crippen LogP contribution >= 0.6 is 11.8 Å². The molecule has 2 aromatic heterocycles. The molecule has 0 amide bonds. The number of aromatic nitrogens is 4. The summed E-state index contributed by atoms with van der Waals surface area (Å²) in [5, 5.41) is 6.43. The van der Waals surface area contributed by atoms with Gasteiger partial charge in [-0.3, -0.25) is 4.68 Å². The lowest BCUT2D eigenvalue weighted by atomic mass is 10.2. The van der Waals surface area contributed by atoms with E-state index < -0.39 is 0 Å². The molecule has 3 rings (SSSR count). The maximum Gasteiger partial charge on any atom is 0.127 e. The van der Waals surface area contributed by atoms with E-state index in [1.54, 1.807) is 0 Å². The Hall–Kier alpha value is -1.88. The molecule has 0 aliphatic carbocycles. The summed E-state index contributed by atoms with van der Waals surface area (Å²) in [6.07, 6.45) is 6.19. The van der Waals surface area contributed by atoms with Gasteiger partial charge in [0, 0.05) is 18.6 Å². The molecular weight excluding hydrogens is 280 g/mol. The normalized spacial score (nSPS) is 11.1. The van der Waals surface area contributed by atoms with E-state index in [4.69, 9.17) is 0 Å². The van der Waals surface area contributed by atoms with Gasteiger partial charge in [0.05, 0.1) is 11.7 Å². The third kappa shape index (κ3) is 3.42. The standard InChI is InChI=1S/C16H18N4S/c1-12-18-15-8-4-3-7-14(15)16(19-12)21-9-5-6-13-10-17-20(2)11-13/h3-4,7-8,10-11H,5-6,9H2,1-2H3. The summed E-state index contributed by atoms with van der Waals surface area (Å²) in [7, 11) is 1.95. The van der Waals surface area contributed by atoms with Crippen molar-refractivity contribution in [1.82, 2.24) is 19.7 Å². The number of hydrogen-bond acceptors (Lipinski definition) is 4. The van der Waals surface area contributed by atoms with E-state index in [2.05, 4.69) is 27.3 Å². The van der Waals surface area contributed by atoms with Crippen molar-refractivity contribution < 1.29 is 0 Å². The molecule has 0 atom stereocenters. The number of nitrogens with zero attached hydrogens (tertiary/aromatic N) is 4. The van der Waals surface area contributed by atoms with Crippen molar-refractivity contribution in [1.29, 1.82) is 0 Å². The summed E-state index contributed by atoms with van der Waals surface area (Å²) in [5.41, 5.74) is 2.32. The van der Waals surface area contributed by atoms with Crippen LogP contribution in [0, 0.1) is 6.92 Å². The number of benzene rings is 1. The van der Waals surface area contributed by atoms with Crippen molar-refractivity contribution in [2.24, 2.45) is 7.05 Å². The molecule has 5 heteroatoms. The first-order valence-corrected chi connectivity index (χ1v) is 8.04. The van der Waals surface area contributed by atoms with Crippen molar-refractivity contribution in [3.63, 3.8) is 0 Å². The quantitative estimate of drug-likeness (QED) is 0.411. The first-order chi connectivity index (χ1) is 10.2. The Morgan fingerprint density at radius 1 is 1.19 bits per heavy atom. The molecule has 0 aliphatic rings. The van der Waals surface area contributed by atoms with E-state index in [9.17, 15) is 0 Å². The van der Waals surface area contributed by atoms with E-state index >= 15 is 0 Å². The SMILES string of the molecule is Cc1nc(SCCCc2cnn(C)c2)c2ccccc2n1. The number of fused-ring (bicyclic) bond motifs is 1. The molecule has 0 unspecified atom stereocenters. The Bertz CT molecular complexity index is 751. The summed E-state index contributed by atoms with van der Waals surface area (Å²) in [6.45, 7) is 1.95. The van der Waals surface area contributed by atoms with Gasteiger partial charge in [0.25, 0.3) is 0 Å². The minimum absolute atomic E-state index is 0.837. The molecule has 21 heavy (non-hydrogen) atoms. The van der Waals surface area contributed by atoms with Crippen LogP contribution in [0.2, 0.25) is 0 Å². The van der Waals surface area contributed by atoms with Gasteiger partial charge in [-0.1, -0.05) is 18.2 Å². The average molecular weight is 298 g/mol. The monoisotopic (exact) mass is 298 g/mol. The van der Waals surface area contributed by atoms with E-state index in [1.807, 2.05) is 54.8 Å². The molecule has 1 aromatic carbocycles. The molecule has 0 bridgehead atoms. The van der Waals surface area contributed by atoms with Gasteiger partial charge in [-0.25, -0.2) is 9.97 Å². The lowest BCUT2D eigenvalue weighted by Crippen LogP contribution is -1.94. The predicted molar refractivity (Wildman–Crippen MR) is 86.5 cm³/mol. The summed E-state index contributed by atoms with van der Waals surface area (Å²) < 4.78 is 1.85. The molecule has 4 nitrogen and oxygen atoms in total. The molecule has 0 N–H and O–H groups in total. The largest absolute Gasteiger partial charge is 0.276 e. The third-order valence-electron chi connectivity index (χ3n) is 3.29. The van der Waals surface area contributed by atoms with Gasteiger partial charge in [0.2, 0.25) is 0 Å². The van der Waals surface area contributed by atoms with Gasteiger partial charge in [-0.05, 0) is 37.1 Å². The zero-order chi connectivity index (χ0) is 14.7. The maximum atomic E-state index is 4.59. The van der Waals surface area contributed by atoms with Crippen molar-refractivity contribution in [2.45, 2.75) is 24.8 Å². The van der Waals surface area contributed by atoms with Crippen molar-refractivity contribution in [2.75, 3.05) is 5.75 Å². The van der Waals surface area contributed by atoms with Crippen molar-refractivity contribution in [3.05, 3.63) is 48.0 Å². The molecule has 0 spiro atoms. The maximum absolute atomic E-state index is 4.59. The molecule has 0 saturated carbocycles. The minimum atomic E-state index is 0.837. The van der Waals surface area contributed by atoms with Gasteiger partial charge >= 0.3 is 0 Å². The molecule has 0 aliphatic heterocycles. The number of hydrogen-bond donors (Lipinski definition) is 0. The zero-order valence-electron chi connectivity index (χ0n) is 12.3. The van der Waals surface area contributed by atoms with Crippen LogP contribution in [-0.2, 0) is 13.5 Å². The highest BCUT2D eigenvalue weighted by Crippen LogP contribution is 2.25. The fraction of sp³-hybridized carbons (Fsp3) is 0.312. The molecular formula is C16H18N4S. The number of rotatable bonds is 5. The van der Waals surface area contributed by atoms with Gasteiger partial charge in [0.1, 0.15) is 10.9 Å². The summed E-state index contributed by atoms with van der Waals surface area (Å²) in [6, 6.07) is 8.20. The second-order valence-electron chi connectivity index (χ2n) is 5.07. The van der Waals surface area contributed by atoms with Gasteiger partial charge in [-0.15, -0.1) is 11.8 Å². The lowest BCUT2D eigenvalue weighted by molar-refractivity contribution is 0.766. The summed E-state index contributed by atoms with van der Waals surface area (Å²) >= 11 is 1.81. The van der Waals surface area contributed by atoms with Crippen LogP contribution in [0.5, 0.6) is 0 Å². The van der Waals surface area contributed by atoms with Gasteiger partial charge < -0.3 is 0 Å². The first kappa shape index (κ1) is 14.1. The molecule has 0 radical (unpaired) electrons. The van der Waals surface area contributed by atoms with Crippen LogP contribution in [0.4, 0.5) is 0 Å². The number of aryl methyl sites for hydroxylation is 3. The van der Waals surface area contributed by atoms with E-state index in [0.717, 1.165) is 40.3 Å². The van der Waals surface area contributed by atoms with E-state index in [0.29, 0.717) is 0 Å². The Morgan fingerprint density at radius 2 is 2.05 bits per heavy atom. The Morgan fingerprint density at radius 3 is 2.86 bits per heavy atom. The molecule has 3 aromatic rings. The second-order valence-corrected chi connectivity index (χ2v) is 6.15. The summed E-state index contributed by atoms with van der Waals surface area (Å²) in [4.78, 5) is 9.06. The van der Waals surface area contributed by atoms with Crippen molar-refractivity contribution >= 4 is 22.7 Å². The molecule has 2 heterocycles. The van der Waals surface area contributed by atoms with Crippen LogP contribution in [-0.4, -0.2) is 25.5 Å². The topological polar surface area (TPSA) is 43.6 Å². The smallest absolute Gasteiger partial charge is 0.127 e. The third-order valence-corrected chi connectivity index (χ3v) is 4.36. The molecule has 0 fully saturated rings. The fourth-order valence-corrected chi connectivity index (χ4v) is 3.32. The van der Waals surface area contributed by atoms with Crippen LogP contribution in [0.1, 0.15) is 17.8 Å². The van der Waals surface area contributed by atoms with Crippen LogP contribution < -0.4 is 0 Å². The van der Waals surface area contributed by atoms with E-state index in [1.165, 1.54) is 5.56 Å². The van der Waals surface area contributed by atoms with Crippen LogP contribution in [0.15, 0.2) is 41.7 Å². The lowest BCUT2D eigenvalue weighted by Gasteiger charge is -2.06. The van der Waals surface area contributed by atoms with Gasteiger partial charge in [-0.2, -0.15) is 5.10 Å². The highest BCUT2D eigenvalue weighted by molar-refractivity contribution is 7.99. The Balaban J connectivity index is 1.65. The molecule has 0 saturated heterocycles.